The van der Waals surface area contributed by atoms with Gasteiger partial charge in [0.2, 0.25) is 0 Å². The monoisotopic (exact) mass is 277 g/mol. The van der Waals surface area contributed by atoms with Crippen molar-refractivity contribution in [2.24, 2.45) is 0 Å². The minimum Gasteiger partial charge on any atom is -0.478 e. The van der Waals surface area contributed by atoms with Crippen molar-refractivity contribution in [3.63, 3.8) is 0 Å². The SMILES string of the molecule is O=C(O)c1ccc(NC(=O)c2ccnc(Cl)c2)nc1. The number of hydrogen-bond donors (Lipinski definition) is 2. The van der Waals surface area contributed by atoms with Gasteiger partial charge in [-0.05, 0) is 24.3 Å². The van der Waals surface area contributed by atoms with Crippen LogP contribution in [0.1, 0.15) is 20.7 Å². The van der Waals surface area contributed by atoms with E-state index in [1.165, 1.54) is 30.5 Å². The Morgan fingerprint density at radius 3 is 2.53 bits per heavy atom. The van der Waals surface area contributed by atoms with Gasteiger partial charge in [0.15, 0.2) is 0 Å². The van der Waals surface area contributed by atoms with Crippen LogP contribution >= 0.6 is 11.6 Å². The highest BCUT2D eigenvalue weighted by Gasteiger charge is 2.08. The van der Waals surface area contributed by atoms with Crippen molar-refractivity contribution in [1.82, 2.24) is 9.97 Å². The molecule has 2 N–H and O–H groups in total. The highest BCUT2D eigenvalue weighted by Crippen LogP contribution is 2.10. The molecule has 19 heavy (non-hydrogen) atoms. The number of amides is 1. The van der Waals surface area contributed by atoms with Gasteiger partial charge in [0.05, 0.1) is 5.56 Å². The van der Waals surface area contributed by atoms with Crippen LogP contribution in [0.15, 0.2) is 36.7 Å². The van der Waals surface area contributed by atoms with Crippen molar-refractivity contribution in [1.29, 1.82) is 0 Å². The summed E-state index contributed by atoms with van der Waals surface area (Å²) in [6, 6.07) is 5.68. The first-order chi connectivity index (χ1) is 9.06. The summed E-state index contributed by atoms with van der Waals surface area (Å²) in [4.78, 5) is 30.1. The summed E-state index contributed by atoms with van der Waals surface area (Å²) in [5.41, 5.74) is 0.383. The largest absolute Gasteiger partial charge is 0.478 e. The van der Waals surface area contributed by atoms with Crippen molar-refractivity contribution in [3.05, 3.63) is 52.9 Å². The highest BCUT2D eigenvalue weighted by atomic mass is 35.5. The minimum atomic E-state index is -1.08. The van der Waals surface area contributed by atoms with Gasteiger partial charge in [-0.3, -0.25) is 4.79 Å². The van der Waals surface area contributed by atoms with Gasteiger partial charge in [0.25, 0.3) is 5.91 Å². The molecule has 0 fully saturated rings. The van der Waals surface area contributed by atoms with Crippen LogP contribution in [0.5, 0.6) is 0 Å². The van der Waals surface area contributed by atoms with Crippen LogP contribution in [0, 0.1) is 0 Å². The number of aromatic carboxylic acids is 1. The predicted octanol–water partition coefficient (Wildman–Crippen LogP) is 2.08. The second kappa shape index (κ2) is 5.45. The average Bonchev–Trinajstić information content (AvgIpc) is 2.39. The standard InChI is InChI=1S/C12H8ClN3O3/c13-9-5-7(3-4-14-9)11(17)16-10-2-1-8(6-15-10)12(18)19/h1-6H,(H,18,19)(H,15,16,17). The van der Waals surface area contributed by atoms with Crippen LogP contribution in [0.4, 0.5) is 5.82 Å². The molecule has 2 aromatic heterocycles. The van der Waals surface area contributed by atoms with E-state index in [1.54, 1.807) is 0 Å². The van der Waals surface area contributed by atoms with Gasteiger partial charge in [-0.15, -0.1) is 0 Å². The Morgan fingerprint density at radius 2 is 1.95 bits per heavy atom. The lowest BCUT2D eigenvalue weighted by Crippen LogP contribution is -2.13. The fourth-order valence-corrected chi connectivity index (χ4v) is 1.50. The number of carbonyl (C=O) groups is 2. The first kappa shape index (κ1) is 13.0. The Labute approximate surface area is 113 Å². The molecule has 0 radical (unpaired) electrons. The van der Waals surface area contributed by atoms with Gasteiger partial charge in [-0.1, -0.05) is 11.6 Å². The first-order valence-corrected chi connectivity index (χ1v) is 5.56. The van der Waals surface area contributed by atoms with Gasteiger partial charge >= 0.3 is 5.97 Å². The van der Waals surface area contributed by atoms with Crippen molar-refractivity contribution in [2.45, 2.75) is 0 Å². The molecular weight excluding hydrogens is 270 g/mol. The van der Waals surface area contributed by atoms with E-state index in [-0.39, 0.29) is 16.5 Å². The summed E-state index contributed by atoms with van der Waals surface area (Å²) in [5.74, 6) is -1.23. The van der Waals surface area contributed by atoms with Crippen LogP contribution in [-0.2, 0) is 0 Å². The Balaban J connectivity index is 2.13. The molecular formula is C12H8ClN3O3. The summed E-state index contributed by atoms with van der Waals surface area (Å²) in [6.45, 7) is 0. The Morgan fingerprint density at radius 1 is 1.16 bits per heavy atom. The van der Waals surface area contributed by atoms with E-state index in [9.17, 15) is 9.59 Å². The summed E-state index contributed by atoms with van der Waals surface area (Å²) in [5, 5.41) is 11.4. The Kier molecular flexibility index (Phi) is 3.72. The van der Waals surface area contributed by atoms with Crippen LogP contribution in [-0.4, -0.2) is 27.0 Å². The molecule has 0 spiro atoms. The molecule has 0 bridgehead atoms. The molecule has 2 aromatic rings. The maximum atomic E-state index is 11.8. The van der Waals surface area contributed by atoms with Gasteiger partial charge in [0, 0.05) is 18.0 Å². The molecule has 1 amide bonds. The Bertz CT molecular complexity index is 628. The molecule has 2 rings (SSSR count). The molecule has 0 aromatic carbocycles. The zero-order chi connectivity index (χ0) is 13.8. The molecule has 0 aliphatic rings. The zero-order valence-corrected chi connectivity index (χ0v) is 10.3. The number of pyridine rings is 2. The third-order valence-corrected chi connectivity index (χ3v) is 2.45. The average molecular weight is 278 g/mol. The summed E-state index contributed by atoms with van der Waals surface area (Å²) in [7, 11) is 0. The lowest BCUT2D eigenvalue weighted by Gasteiger charge is -2.04. The molecule has 0 saturated heterocycles. The van der Waals surface area contributed by atoms with Crippen LogP contribution < -0.4 is 5.32 Å². The number of carboxylic acid groups (broad SMARTS) is 1. The molecule has 0 aliphatic carbocycles. The molecule has 0 atom stereocenters. The number of carboxylic acids is 1. The van der Waals surface area contributed by atoms with E-state index in [4.69, 9.17) is 16.7 Å². The Hall–Kier alpha value is -2.47. The number of halogens is 1. The fourth-order valence-electron chi connectivity index (χ4n) is 1.33. The van der Waals surface area contributed by atoms with E-state index in [0.29, 0.717) is 5.56 Å². The molecule has 0 aliphatic heterocycles. The minimum absolute atomic E-state index is 0.0463. The van der Waals surface area contributed by atoms with Crippen molar-refractivity contribution in [3.8, 4) is 0 Å². The predicted molar refractivity (Wildman–Crippen MR) is 68.4 cm³/mol. The second-order valence-electron chi connectivity index (χ2n) is 3.56. The van der Waals surface area contributed by atoms with E-state index in [2.05, 4.69) is 15.3 Å². The number of carbonyl (C=O) groups excluding carboxylic acids is 1. The molecule has 0 unspecified atom stereocenters. The third-order valence-electron chi connectivity index (χ3n) is 2.24. The molecule has 6 nitrogen and oxygen atoms in total. The maximum Gasteiger partial charge on any atom is 0.337 e. The van der Waals surface area contributed by atoms with Gasteiger partial charge in [-0.25, -0.2) is 14.8 Å². The van der Waals surface area contributed by atoms with E-state index in [0.717, 1.165) is 6.20 Å². The normalized spacial score (nSPS) is 9.95. The van der Waals surface area contributed by atoms with Crippen molar-refractivity contribution < 1.29 is 14.7 Å². The van der Waals surface area contributed by atoms with Crippen LogP contribution in [0.2, 0.25) is 5.15 Å². The van der Waals surface area contributed by atoms with Crippen LogP contribution in [0.25, 0.3) is 0 Å². The van der Waals surface area contributed by atoms with Gasteiger partial charge in [0.1, 0.15) is 11.0 Å². The smallest absolute Gasteiger partial charge is 0.337 e. The summed E-state index contributed by atoms with van der Waals surface area (Å²) in [6.07, 6.45) is 2.58. The van der Waals surface area contributed by atoms with E-state index < -0.39 is 11.9 Å². The highest BCUT2D eigenvalue weighted by molar-refractivity contribution is 6.29. The number of nitrogens with one attached hydrogen (secondary N) is 1. The maximum absolute atomic E-state index is 11.8. The number of nitrogens with zero attached hydrogens (tertiary/aromatic N) is 2. The quantitative estimate of drug-likeness (QED) is 0.838. The zero-order valence-electron chi connectivity index (χ0n) is 9.50. The topological polar surface area (TPSA) is 92.2 Å². The van der Waals surface area contributed by atoms with Gasteiger partial charge < -0.3 is 10.4 Å². The molecule has 7 heteroatoms. The first-order valence-electron chi connectivity index (χ1n) is 5.18. The number of anilines is 1. The van der Waals surface area contributed by atoms with Crippen molar-refractivity contribution in [2.75, 3.05) is 5.32 Å². The van der Waals surface area contributed by atoms with Crippen molar-refractivity contribution >= 4 is 29.3 Å². The number of hydrogen-bond acceptors (Lipinski definition) is 4. The van der Waals surface area contributed by atoms with Crippen LogP contribution in [0.3, 0.4) is 0 Å². The van der Waals surface area contributed by atoms with Gasteiger partial charge in [-0.2, -0.15) is 0 Å². The van der Waals surface area contributed by atoms with E-state index >= 15 is 0 Å². The second-order valence-corrected chi connectivity index (χ2v) is 3.95. The summed E-state index contributed by atoms with van der Waals surface area (Å²) < 4.78 is 0. The molecule has 0 saturated carbocycles. The lowest BCUT2D eigenvalue weighted by molar-refractivity contribution is 0.0696. The lowest BCUT2D eigenvalue weighted by atomic mass is 10.2. The third kappa shape index (κ3) is 3.26. The fraction of sp³-hybridized carbons (Fsp3) is 0. The number of rotatable bonds is 3. The molecule has 96 valence electrons. The number of aromatic nitrogens is 2. The van der Waals surface area contributed by atoms with E-state index in [1.807, 2.05) is 0 Å². The summed E-state index contributed by atoms with van der Waals surface area (Å²) >= 11 is 5.68. The molecule has 2 heterocycles.